The van der Waals surface area contributed by atoms with Crippen LogP contribution in [0.4, 0.5) is 5.69 Å². The molecular formula is C13H18N2O3. The number of hydrogen-bond acceptors (Lipinski definition) is 4. The topological polar surface area (TPSA) is 64.8 Å². The fraction of sp³-hybridized carbons (Fsp3) is 0.462. The standard InChI is InChI=1S/C13H18N2O3/c1-10-2-3-12-11(8-10)15(13(16)9-18-12)5-7-17-6-4-14/h2-3,8H,4-7,9,14H2,1H3. The molecule has 5 nitrogen and oxygen atoms in total. The Kier molecular flexibility index (Phi) is 4.17. The van der Waals surface area contributed by atoms with E-state index >= 15 is 0 Å². The van der Waals surface area contributed by atoms with Crippen LogP contribution in [0.25, 0.3) is 0 Å². The number of fused-ring (bicyclic) bond motifs is 1. The van der Waals surface area contributed by atoms with E-state index in [1.165, 1.54) is 0 Å². The quantitative estimate of drug-likeness (QED) is 0.781. The van der Waals surface area contributed by atoms with Gasteiger partial charge in [0.25, 0.3) is 5.91 Å². The average molecular weight is 250 g/mol. The van der Waals surface area contributed by atoms with Crippen molar-refractivity contribution >= 4 is 11.6 Å². The average Bonchev–Trinajstić information content (AvgIpc) is 2.36. The predicted octanol–water partition coefficient (Wildman–Crippen LogP) is 0.696. The molecule has 0 bridgehead atoms. The molecule has 1 aliphatic rings. The zero-order valence-corrected chi connectivity index (χ0v) is 10.5. The summed E-state index contributed by atoms with van der Waals surface area (Å²) >= 11 is 0. The van der Waals surface area contributed by atoms with Gasteiger partial charge in [0, 0.05) is 13.1 Å². The summed E-state index contributed by atoms with van der Waals surface area (Å²) in [5.41, 5.74) is 7.26. The number of aryl methyl sites for hydroxylation is 1. The summed E-state index contributed by atoms with van der Waals surface area (Å²) in [4.78, 5) is 13.6. The summed E-state index contributed by atoms with van der Waals surface area (Å²) in [5.74, 6) is 0.712. The van der Waals surface area contributed by atoms with Gasteiger partial charge in [0.2, 0.25) is 0 Å². The molecule has 98 valence electrons. The Morgan fingerprint density at radius 3 is 3.06 bits per heavy atom. The number of benzene rings is 1. The van der Waals surface area contributed by atoms with E-state index in [-0.39, 0.29) is 12.5 Å². The molecule has 0 aromatic heterocycles. The second-order valence-corrected chi connectivity index (χ2v) is 4.21. The van der Waals surface area contributed by atoms with Crippen LogP contribution in [-0.4, -0.2) is 38.8 Å². The highest BCUT2D eigenvalue weighted by atomic mass is 16.5. The van der Waals surface area contributed by atoms with Gasteiger partial charge in [0.15, 0.2) is 6.61 Å². The van der Waals surface area contributed by atoms with E-state index in [1.54, 1.807) is 4.90 Å². The SMILES string of the molecule is Cc1ccc2c(c1)N(CCOCCN)C(=O)CO2. The molecule has 0 saturated carbocycles. The summed E-state index contributed by atoms with van der Waals surface area (Å²) < 4.78 is 10.7. The van der Waals surface area contributed by atoms with Crippen LogP contribution in [0.3, 0.4) is 0 Å². The number of hydrogen-bond donors (Lipinski definition) is 1. The maximum absolute atomic E-state index is 11.9. The van der Waals surface area contributed by atoms with Crippen LogP contribution in [0.15, 0.2) is 18.2 Å². The molecule has 0 saturated heterocycles. The third-order valence-corrected chi connectivity index (χ3v) is 2.78. The van der Waals surface area contributed by atoms with Gasteiger partial charge in [-0.25, -0.2) is 0 Å². The smallest absolute Gasteiger partial charge is 0.265 e. The lowest BCUT2D eigenvalue weighted by Gasteiger charge is -2.29. The molecule has 5 heteroatoms. The third-order valence-electron chi connectivity index (χ3n) is 2.78. The number of carbonyl (C=O) groups is 1. The molecule has 0 atom stereocenters. The van der Waals surface area contributed by atoms with Gasteiger partial charge in [-0.3, -0.25) is 4.79 Å². The molecule has 1 aliphatic heterocycles. The van der Waals surface area contributed by atoms with E-state index in [2.05, 4.69) is 0 Å². The van der Waals surface area contributed by atoms with E-state index < -0.39 is 0 Å². The normalized spacial score (nSPS) is 14.3. The number of carbonyl (C=O) groups excluding carboxylic acids is 1. The third kappa shape index (κ3) is 2.80. The summed E-state index contributed by atoms with van der Waals surface area (Å²) in [6.07, 6.45) is 0. The van der Waals surface area contributed by atoms with Crippen molar-refractivity contribution in [1.82, 2.24) is 0 Å². The Balaban J connectivity index is 2.09. The van der Waals surface area contributed by atoms with E-state index in [1.807, 2.05) is 25.1 Å². The van der Waals surface area contributed by atoms with Gasteiger partial charge in [-0.1, -0.05) is 6.07 Å². The van der Waals surface area contributed by atoms with Crippen molar-refractivity contribution in [2.75, 3.05) is 37.8 Å². The van der Waals surface area contributed by atoms with Crippen molar-refractivity contribution in [3.8, 4) is 5.75 Å². The monoisotopic (exact) mass is 250 g/mol. The van der Waals surface area contributed by atoms with Gasteiger partial charge in [-0.15, -0.1) is 0 Å². The first-order chi connectivity index (χ1) is 8.72. The molecule has 2 N–H and O–H groups in total. The molecule has 1 aromatic carbocycles. The molecule has 1 amide bonds. The first kappa shape index (κ1) is 12.9. The Morgan fingerprint density at radius 2 is 2.28 bits per heavy atom. The first-order valence-electron chi connectivity index (χ1n) is 6.04. The van der Waals surface area contributed by atoms with Crippen molar-refractivity contribution in [2.24, 2.45) is 5.73 Å². The lowest BCUT2D eigenvalue weighted by atomic mass is 10.1. The number of anilines is 1. The number of amides is 1. The van der Waals surface area contributed by atoms with Gasteiger partial charge in [0.1, 0.15) is 5.75 Å². The molecule has 0 unspecified atom stereocenters. The minimum atomic E-state index is -0.0375. The maximum atomic E-state index is 11.9. The van der Waals surface area contributed by atoms with Crippen LogP contribution in [-0.2, 0) is 9.53 Å². The van der Waals surface area contributed by atoms with Crippen molar-refractivity contribution in [3.63, 3.8) is 0 Å². The summed E-state index contributed by atoms with van der Waals surface area (Å²) in [6.45, 7) is 4.09. The maximum Gasteiger partial charge on any atom is 0.265 e. The Bertz CT molecular complexity index is 434. The van der Waals surface area contributed by atoms with E-state index in [9.17, 15) is 4.79 Å². The van der Waals surface area contributed by atoms with E-state index in [0.717, 1.165) is 17.0 Å². The summed E-state index contributed by atoms with van der Waals surface area (Å²) in [6, 6.07) is 5.82. The van der Waals surface area contributed by atoms with Gasteiger partial charge in [0.05, 0.1) is 18.9 Å². The second-order valence-electron chi connectivity index (χ2n) is 4.21. The van der Waals surface area contributed by atoms with Crippen molar-refractivity contribution in [1.29, 1.82) is 0 Å². The minimum Gasteiger partial charge on any atom is -0.482 e. The number of nitrogens with two attached hydrogens (primary N) is 1. The van der Waals surface area contributed by atoms with Crippen molar-refractivity contribution in [2.45, 2.75) is 6.92 Å². The highest BCUT2D eigenvalue weighted by Gasteiger charge is 2.24. The van der Waals surface area contributed by atoms with E-state index in [4.69, 9.17) is 15.2 Å². The minimum absolute atomic E-state index is 0.0375. The van der Waals surface area contributed by atoms with Crippen LogP contribution in [0.2, 0.25) is 0 Å². The number of ether oxygens (including phenoxy) is 2. The Labute approximate surface area is 106 Å². The molecule has 0 spiro atoms. The molecule has 0 aliphatic carbocycles. The molecular weight excluding hydrogens is 232 g/mol. The van der Waals surface area contributed by atoms with E-state index in [0.29, 0.717) is 26.3 Å². The molecule has 18 heavy (non-hydrogen) atoms. The molecule has 0 fully saturated rings. The summed E-state index contributed by atoms with van der Waals surface area (Å²) in [5, 5.41) is 0. The van der Waals surface area contributed by atoms with Gasteiger partial charge < -0.3 is 20.1 Å². The van der Waals surface area contributed by atoms with Crippen LogP contribution in [0, 0.1) is 6.92 Å². The molecule has 1 aromatic rings. The fourth-order valence-electron chi connectivity index (χ4n) is 1.90. The zero-order chi connectivity index (χ0) is 13.0. The van der Waals surface area contributed by atoms with Gasteiger partial charge in [-0.05, 0) is 24.6 Å². The highest BCUT2D eigenvalue weighted by molar-refractivity contribution is 5.97. The predicted molar refractivity (Wildman–Crippen MR) is 68.9 cm³/mol. The second kappa shape index (κ2) is 5.84. The fourth-order valence-corrected chi connectivity index (χ4v) is 1.90. The van der Waals surface area contributed by atoms with Crippen LogP contribution >= 0.6 is 0 Å². The largest absolute Gasteiger partial charge is 0.482 e. The van der Waals surface area contributed by atoms with Crippen molar-refractivity contribution in [3.05, 3.63) is 23.8 Å². The zero-order valence-electron chi connectivity index (χ0n) is 10.5. The molecule has 0 radical (unpaired) electrons. The Hall–Kier alpha value is -1.59. The number of nitrogens with zero attached hydrogens (tertiary/aromatic N) is 1. The highest BCUT2D eigenvalue weighted by Crippen LogP contribution is 2.32. The van der Waals surface area contributed by atoms with Gasteiger partial charge in [-0.2, -0.15) is 0 Å². The van der Waals surface area contributed by atoms with Crippen LogP contribution < -0.4 is 15.4 Å². The lowest BCUT2D eigenvalue weighted by molar-refractivity contribution is -0.121. The first-order valence-corrected chi connectivity index (χ1v) is 6.04. The summed E-state index contributed by atoms with van der Waals surface area (Å²) in [7, 11) is 0. The molecule has 2 rings (SSSR count). The number of rotatable bonds is 5. The van der Waals surface area contributed by atoms with Crippen LogP contribution in [0.1, 0.15) is 5.56 Å². The van der Waals surface area contributed by atoms with Crippen molar-refractivity contribution < 1.29 is 14.3 Å². The Morgan fingerprint density at radius 1 is 1.44 bits per heavy atom. The lowest BCUT2D eigenvalue weighted by Crippen LogP contribution is -2.41. The molecule has 1 heterocycles. The van der Waals surface area contributed by atoms with Gasteiger partial charge >= 0.3 is 0 Å². The van der Waals surface area contributed by atoms with Crippen LogP contribution in [0.5, 0.6) is 5.75 Å².